The van der Waals surface area contributed by atoms with Crippen LogP contribution in [-0.4, -0.2) is 25.7 Å². The predicted molar refractivity (Wildman–Crippen MR) is 105 cm³/mol. The van der Waals surface area contributed by atoms with Gasteiger partial charge in [0, 0.05) is 16.6 Å². The topological polar surface area (TPSA) is 48.0 Å². The van der Waals surface area contributed by atoms with Gasteiger partial charge in [0.2, 0.25) is 0 Å². The third-order valence-corrected chi connectivity index (χ3v) is 5.07. The van der Waals surface area contributed by atoms with Crippen LogP contribution in [0.25, 0.3) is 0 Å². The van der Waals surface area contributed by atoms with E-state index in [2.05, 4.69) is 0 Å². The van der Waals surface area contributed by atoms with Gasteiger partial charge in [-0.05, 0) is 47.8 Å². The van der Waals surface area contributed by atoms with E-state index in [0.29, 0.717) is 42.7 Å². The SMILES string of the molecule is O=C(COc1ccc(F)cc1)N(Cc1cccs1)c1ccc2c(c1)OCCO2. The minimum atomic E-state index is -0.353. The van der Waals surface area contributed by atoms with Gasteiger partial charge < -0.3 is 19.1 Å². The number of benzene rings is 2. The van der Waals surface area contributed by atoms with Crippen molar-refractivity contribution in [3.63, 3.8) is 0 Å². The Balaban J connectivity index is 1.54. The molecular weight excluding hydrogens is 381 g/mol. The Labute approximate surface area is 165 Å². The van der Waals surface area contributed by atoms with E-state index in [9.17, 15) is 9.18 Å². The van der Waals surface area contributed by atoms with Gasteiger partial charge in [-0.15, -0.1) is 11.3 Å². The number of thiophene rings is 1. The third-order valence-electron chi connectivity index (χ3n) is 4.21. The van der Waals surface area contributed by atoms with Crippen molar-refractivity contribution < 1.29 is 23.4 Å². The van der Waals surface area contributed by atoms with E-state index in [1.54, 1.807) is 28.4 Å². The summed E-state index contributed by atoms with van der Waals surface area (Å²) >= 11 is 1.58. The van der Waals surface area contributed by atoms with Gasteiger partial charge in [-0.2, -0.15) is 0 Å². The van der Waals surface area contributed by atoms with Crippen LogP contribution in [0.4, 0.5) is 10.1 Å². The number of anilines is 1. The van der Waals surface area contributed by atoms with Crippen LogP contribution in [0.15, 0.2) is 60.0 Å². The molecule has 0 atom stereocenters. The highest BCUT2D eigenvalue weighted by Gasteiger charge is 2.21. The molecule has 0 fully saturated rings. The lowest BCUT2D eigenvalue weighted by atomic mass is 10.2. The normalized spacial score (nSPS) is 12.5. The van der Waals surface area contributed by atoms with Crippen LogP contribution >= 0.6 is 11.3 Å². The maximum Gasteiger partial charge on any atom is 0.265 e. The van der Waals surface area contributed by atoms with E-state index in [1.807, 2.05) is 23.6 Å². The van der Waals surface area contributed by atoms with E-state index in [4.69, 9.17) is 14.2 Å². The number of halogens is 1. The highest BCUT2D eigenvalue weighted by atomic mass is 32.1. The van der Waals surface area contributed by atoms with Crippen molar-refractivity contribution in [2.75, 3.05) is 24.7 Å². The van der Waals surface area contributed by atoms with Crippen molar-refractivity contribution in [3.05, 3.63) is 70.7 Å². The number of ether oxygens (including phenoxy) is 3. The van der Waals surface area contributed by atoms with Gasteiger partial charge in [0.1, 0.15) is 24.8 Å². The average Bonchev–Trinajstić information content (AvgIpc) is 3.24. The molecule has 1 aliphatic rings. The number of fused-ring (bicyclic) bond motifs is 1. The Morgan fingerprint density at radius 3 is 2.61 bits per heavy atom. The summed E-state index contributed by atoms with van der Waals surface area (Å²) in [6.07, 6.45) is 0. The number of carbonyl (C=O) groups excluding carboxylic acids is 1. The van der Waals surface area contributed by atoms with Gasteiger partial charge in [-0.1, -0.05) is 6.07 Å². The van der Waals surface area contributed by atoms with E-state index in [0.717, 1.165) is 4.88 Å². The zero-order chi connectivity index (χ0) is 19.3. The molecule has 3 aromatic rings. The van der Waals surface area contributed by atoms with Gasteiger partial charge in [0.15, 0.2) is 18.1 Å². The van der Waals surface area contributed by atoms with E-state index >= 15 is 0 Å². The number of amides is 1. The summed E-state index contributed by atoms with van der Waals surface area (Å²) in [5, 5.41) is 1.97. The number of rotatable bonds is 6. The fourth-order valence-electron chi connectivity index (χ4n) is 2.84. The second kappa shape index (κ2) is 8.31. The molecule has 4 rings (SSSR count). The summed E-state index contributed by atoms with van der Waals surface area (Å²) in [5.41, 5.74) is 0.699. The molecule has 28 heavy (non-hydrogen) atoms. The van der Waals surface area contributed by atoms with Crippen molar-refractivity contribution in [1.82, 2.24) is 0 Å². The molecule has 1 aliphatic heterocycles. The summed E-state index contributed by atoms with van der Waals surface area (Å²) in [4.78, 5) is 15.6. The van der Waals surface area contributed by atoms with Crippen LogP contribution in [0.5, 0.6) is 17.2 Å². The van der Waals surface area contributed by atoms with Crippen molar-refractivity contribution in [2.24, 2.45) is 0 Å². The first-order chi connectivity index (χ1) is 13.7. The molecule has 0 saturated heterocycles. The van der Waals surface area contributed by atoms with Gasteiger partial charge >= 0.3 is 0 Å². The number of nitrogens with zero attached hydrogens (tertiary/aromatic N) is 1. The Morgan fingerprint density at radius 1 is 1.07 bits per heavy atom. The van der Waals surface area contributed by atoms with Gasteiger partial charge in [0.05, 0.1) is 6.54 Å². The molecule has 5 nitrogen and oxygen atoms in total. The van der Waals surface area contributed by atoms with Gasteiger partial charge in [-0.3, -0.25) is 4.79 Å². The predicted octanol–water partition coefficient (Wildman–Crippen LogP) is 4.27. The van der Waals surface area contributed by atoms with E-state index in [-0.39, 0.29) is 18.3 Å². The fraction of sp³-hybridized carbons (Fsp3) is 0.190. The van der Waals surface area contributed by atoms with E-state index in [1.165, 1.54) is 24.3 Å². The molecule has 144 valence electrons. The summed E-state index contributed by atoms with van der Waals surface area (Å²) in [6.45, 7) is 1.24. The fourth-order valence-corrected chi connectivity index (χ4v) is 3.53. The summed E-state index contributed by atoms with van der Waals surface area (Å²) < 4.78 is 29.8. The standard InChI is InChI=1S/C21H18FNO4S/c22-15-3-6-17(7-4-15)27-14-21(24)23(13-18-2-1-11-28-18)16-5-8-19-20(12-16)26-10-9-25-19/h1-8,11-12H,9-10,13-14H2. The molecule has 0 aliphatic carbocycles. The molecule has 0 saturated carbocycles. The molecule has 0 N–H and O–H groups in total. The Kier molecular flexibility index (Phi) is 5.43. The zero-order valence-corrected chi connectivity index (χ0v) is 15.8. The maximum absolute atomic E-state index is 13.0. The van der Waals surface area contributed by atoms with Crippen LogP contribution in [0, 0.1) is 5.82 Å². The number of carbonyl (C=O) groups is 1. The van der Waals surface area contributed by atoms with Crippen LogP contribution in [0.3, 0.4) is 0 Å². The first-order valence-electron chi connectivity index (χ1n) is 8.80. The largest absolute Gasteiger partial charge is 0.486 e. The molecule has 2 aromatic carbocycles. The van der Waals surface area contributed by atoms with Crippen LogP contribution in [-0.2, 0) is 11.3 Å². The Bertz CT molecular complexity index is 944. The summed E-state index contributed by atoms with van der Waals surface area (Å²) in [6, 6.07) is 14.9. The third kappa shape index (κ3) is 4.26. The average molecular weight is 399 g/mol. The van der Waals surface area contributed by atoms with Crippen molar-refractivity contribution in [1.29, 1.82) is 0 Å². The lowest BCUT2D eigenvalue weighted by Gasteiger charge is -2.25. The molecule has 1 amide bonds. The smallest absolute Gasteiger partial charge is 0.265 e. The maximum atomic E-state index is 13.0. The van der Waals surface area contributed by atoms with Crippen LogP contribution < -0.4 is 19.1 Å². The Morgan fingerprint density at radius 2 is 1.86 bits per heavy atom. The highest BCUT2D eigenvalue weighted by molar-refractivity contribution is 7.09. The molecule has 0 unspecified atom stereocenters. The van der Waals surface area contributed by atoms with Gasteiger partial charge in [-0.25, -0.2) is 4.39 Å². The van der Waals surface area contributed by atoms with Crippen LogP contribution in [0.2, 0.25) is 0 Å². The monoisotopic (exact) mass is 399 g/mol. The molecule has 1 aromatic heterocycles. The lowest BCUT2D eigenvalue weighted by molar-refractivity contribution is -0.120. The minimum absolute atomic E-state index is 0.161. The highest BCUT2D eigenvalue weighted by Crippen LogP contribution is 2.34. The number of hydrogen-bond acceptors (Lipinski definition) is 5. The van der Waals surface area contributed by atoms with E-state index < -0.39 is 0 Å². The molecule has 2 heterocycles. The second-order valence-corrected chi connectivity index (χ2v) is 7.16. The summed E-state index contributed by atoms with van der Waals surface area (Å²) in [5.74, 6) is 1.16. The lowest BCUT2D eigenvalue weighted by Crippen LogP contribution is -2.34. The molecule has 7 heteroatoms. The first kappa shape index (κ1) is 18.3. The van der Waals surface area contributed by atoms with Crippen molar-refractivity contribution >= 4 is 22.9 Å². The quantitative estimate of drug-likeness (QED) is 0.621. The second-order valence-electron chi connectivity index (χ2n) is 6.13. The molecular formula is C21H18FNO4S. The van der Waals surface area contributed by atoms with Gasteiger partial charge in [0.25, 0.3) is 5.91 Å². The van der Waals surface area contributed by atoms with Crippen molar-refractivity contribution in [3.8, 4) is 17.2 Å². The molecule has 0 spiro atoms. The zero-order valence-electron chi connectivity index (χ0n) is 15.0. The van der Waals surface area contributed by atoms with Crippen LogP contribution in [0.1, 0.15) is 4.88 Å². The van der Waals surface area contributed by atoms with Crippen molar-refractivity contribution in [2.45, 2.75) is 6.54 Å². The number of hydrogen-bond donors (Lipinski definition) is 0. The molecule has 0 bridgehead atoms. The molecule has 0 radical (unpaired) electrons. The first-order valence-corrected chi connectivity index (χ1v) is 9.68. The summed E-state index contributed by atoms with van der Waals surface area (Å²) in [7, 11) is 0. The minimum Gasteiger partial charge on any atom is -0.486 e. The Hall–Kier alpha value is -3.06.